The van der Waals surface area contributed by atoms with Gasteiger partial charge in [-0.25, -0.2) is 0 Å². The number of hydrogen-bond donors (Lipinski definition) is 0. The van der Waals surface area contributed by atoms with E-state index < -0.39 is 0 Å². The van der Waals surface area contributed by atoms with Crippen molar-refractivity contribution in [1.82, 2.24) is 0 Å². The van der Waals surface area contributed by atoms with E-state index >= 15 is 0 Å². The standard InChI is InChI=1S/C19H18.2C2H6/c1-2-3-10-19-17-11-6-4-8-15(17)13-14-16-9-5-7-12-18(16)19;2*1-2/h4-14H,2-3H2,1H3;2*1-2H3. The highest BCUT2D eigenvalue weighted by Crippen LogP contribution is 2.33. The Morgan fingerprint density at radius 3 is 1.57 bits per heavy atom. The van der Waals surface area contributed by atoms with Crippen molar-refractivity contribution < 1.29 is 0 Å². The molecular weight excluding hydrogens is 276 g/mol. The van der Waals surface area contributed by atoms with Crippen molar-refractivity contribution in [1.29, 1.82) is 0 Å². The van der Waals surface area contributed by atoms with Gasteiger partial charge in [0.1, 0.15) is 0 Å². The lowest BCUT2D eigenvalue weighted by atomic mass is 9.92. The fourth-order valence-electron chi connectivity index (χ4n) is 2.61. The van der Waals surface area contributed by atoms with E-state index in [9.17, 15) is 0 Å². The minimum Gasteiger partial charge on any atom is -0.0760 e. The molecule has 0 aliphatic heterocycles. The molecule has 0 N–H and O–H groups in total. The summed E-state index contributed by atoms with van der Waals surface area (Å²) >= 11 is 0. The van der Waals surface area contributed by atoms with E-state index in [2.05, 4.69) is 73.7 Å². The highest BCUT2D eigenvalue weighted by Gasteiger charge is 2.13. The summed E-state index contributed by atoms with van der Waals surface area (Å²) < 4.78 is 0. The summed E-state index contributed by atoms with van der Waals surface area (Å²) in [5.41, 5.74) is 6.68. The van der Waals surface area contributed by atoms with Gasteiger partial charge in [-0.3, -0.25) is 0 Å². The van der Waals surface area contributed by atoms with Gasteiger partial charge in [-0.2, -0.15) is 0 Å². The van der Waals surface area contributed by atoms with Crippen molar-refractivity contribution in [3.05, 3.63) is 76.9 Å². The molecular formula is C23H30. The first-order valence-electron chi connectivity index (χ1n) is 8.97. The Labute approximate surface area is 142 Å². The first kappa shape index (κ1) is 19.0. The van der Waals surface area contributed by atoms with Crippen LogP contribution < -0.4 is 0 Å². The zero-order chi connectivity index (χ0) is 17.1. The number of hydrogen-bond acceptors (Lipinski definition) is 0. The van der Waals surface area contributed by atoms with Gasteiger partial charge in [0, 0.05) is 0 Å². The third kappa shape index (κ3) is 4.69. The van der Waals surface area contributed by atoms with Crippen LogP contribution in [0.25, 0.3) is 17.7 Å². The maximum absolute atomic E-state index is 2.38. The predicted molar refractivity (Wildman–Crippen MR) is 106 cm³/mol. The second-order valence-corrected chi connectivity index (χ2v) is 4.91. The topological polar surface area (TPSA) is 0 Å². The minimum absolute atomic E-state index is 1.12. The van der Waals surface area contributed by atoms with Crippen LogP contribution in [0.4, 0.5) is 0 Å². The molecule has 0 heterocycles. The Balaban J connectivity index is 0.000000615. The molecule has 2 aromatic carbocycles. The normalized spacial score (nSPS) is 10.9. The van der Waals surface area contributed by atoms with E-state index in [0.717, 1.165) is 6.42 Å². The van der Waals surface area contributed by atoms with Gasteiger partial charge in [-0.1, -0.05) is 108 Å². The minimum atomic E-state index is 1.12. The second-order valence-electron chi connectivity index (χ2n) is 4.91. The Kier molecular flexibility index (Phi) is 8.75. The van der Waals surface area contributed by atoms with Crippen molar-refractivity contribution in [3.63, 3.8) is 0 Å². The molecule has 0 nitrogen and oxygen atoms in total. The van der Waals surface area contributed by atoms with Gasteiger partial charge in [-0.15, -0.1) is 0 Å². The largest absolute Gasteiger partial charge is 0.0760 e. The Morgan fingerprint density at radius 2 is 1.13 bits per heavy atom. The molecule has 3 rings (SSSR count). The molecule has 0 saturated carbocycles. The molecule has 0 unspecified atom stereocenters. The summed E-state index contributed by atoms with van der Waals surface area (Å²) in [6.45, 7) is 10.2. The van der Waals surface area contributed by atoms with Crippen molar-refractivity contribution in [3.8, 4) is 0 Å². The molecule has 23 heavy (non-hydrogen) atoms. The Bertz CT molecular complexity index is 593. The smallest absolute Gasteiger partial charge is 0.0108 e. The number of rotatable bonds is 2. The van der Waals surface area contributed by atoms with Crippen molar-refractivity contribution >= 4 is 17.7 Å². The van der Waals surface area contributed by atoms with Crippen LogP contribution in [-0.4, -0.2) is 0 Å². The van der Waals surface area contributed by atoms with E-state index in [-0.39, 0.29) is 0 Å². The lowest BCUT2D eigenvalue weighted by Gasteiger charge is -2.11. The number of unbranched alkanes of at least 4 members (excludes halogenated alkanes) is 1. The van der Waals surface area contributed by atoms with Crippen LogP contribution in [0, 0.1) is 0 Å². The van der Waals surface area contributed by atoms with Gasteiger partial charge in [0.25, 0.3) is 0 Å². The third-order valence-electron chi connectivity index (χ3n) is 3.58. The molecule has 0 radical (unpaired) electrons. The summed E-state index contributed by atoms with van der Waals surface area (Å²) in [5.74, 6) is 0. The van der Waals surface area contributed by atoms with Crippen molar-refractivity contribution in [2.45, 2.75) is 47.5 Å². The zero-order valence-electron chi connectivity index (χ0n) is 15.3. The number of fused-ring (bicyclic) bond motifs is 2. The van der Waals surface area contributed by atoms with Gasteiger partial charge in [0.2, 0.25) is 0 Å². The molecule has 0 saturated heterocycles. The Hall–Kier alpha value is -2.08. The van der Waals surface area contributed by atoms with Gasteiger partial charge in [0.05, 0.1) is 0 Å². The summed E-state index contributed by atoms with van der Waals surface area (Å²) in [5, 5.41) is 0. The van der Waals surface area contributed by atoms with Crippen LogP contribution in [-0.2, 0) is 0 Å². The fraction of sp³-hybridized carbons (Fsp3) is 0.304. The van der Waals surface area contributed by atoms with Crippen LogP contribution in [0.2, 0.25) is 0 Å². The molecule has 0 amide bonds. The molecule has 122 valence electrons. The summed E-state index contributed by atoms with van der Waals surface area (Å²) in [6.07, 6.45) is 9.13. The molecule has 1 aliphatic carbocycles. The third-order valence-corrected chi connectivity index (χ3v) is 3.58. The van der Waals surface area contributed by atoms with Crippen LogP contribution in [0.1, 0.15) is 69.7 Å². The molecule has 0 atom stereocenters. The van der Waals surface area contributed by atoms with E-state index in [4.69, 9.17) is 0 Å². The molecule has 2 aromatic rings. The Morgan fingerprint density at radius 1 is 0.696 bits per heavy atom. The van der Waals surface area contributed by atoms with E-state index in [1.807, 2.05) is 27.7 Å². The first-order chi connectivity index (χ1) is 11.4. The lowest BCUT2D eigenvalue weighted by Crippen LogP contribution is -1.91. The molecule has 0 fully saturated rings. The van der Waals surface area contributed by atoms with Gasteiger partial charge in [-0.05, 0) is 34.2 Å². The molecule has 1 aliphatic rings. The van der Waals surface area contributed by atoms with E-state index in [0.29, 0.717) is 0 Å². The highest BCUT2D eigenvalue weighted by atomic mass is 14.2. The second kappa shape index (κ2) is 10.6. The van der Waals surface area contributed by atoms with Gasteiger partial charge < -0.3 is 0 Å². The van der Waals surface area contributed by atoms with Crippen molar-refractivity contribution in [2.24, 2.45) is 0 Å². The predicted octanol–water partition coefficient (Wildman–Crippen LogP) is 7.45. The van der Waals surface area contributed by atoms with Crippen LogP contribution in [0.5, 0.6) is 0 Å². The first-order valence-corrected chi connectivity index (χ1v) is 8.97. The molecule has 0 heteroatoms. The average Bonchev–Trinajstić information content (AvgIpc) is 2.80. The maximum Gasteiger partial charge on any atom is -0.0108 e. The summed E-state index contributed by atoms with van der Waals surface area (Å²) in [4.78, 5) is 0. The highest BCUT2D eigenvalue weighted by molar-refractivity contribution is 5.93. The molecule has 0 bridgehead atoms. The quantitative estimate of drug-likeness (QED) is 0.461. The fourth-order valence-corrected chi connectivity index (χ4v) is 2.61. The maximum atomic E-state index is 2.38. The van der Waals surface area contributed by atoms with Crippen molar-refractivity contribution in [2.75, 3.05) is 0 Å². The van der Waals surface area contributed by atoms with Crippen LogP contribution >= 0.6 is 0 Å². The number of allylic oxidation sites excluding steroid dienone is 1. The van der Waals surface area contributed by atoms with Crippen LogP contribution in [0.3, 0.4) is 0 Å². The molecule has 0 aromatic heterocycles. The number of benzene rings is 2. The lowest BCUT2D eigenvalue weighted by molar-refractivity contribution is 0.960. The average molecular weight is 306 g/mol. The summed E-state index contributed by atoms with van der Waals surface area (Å²) in [7, 11) is 0. The molecule has 0 spiro atoms. The SMILES string of the molecule is CC.CC.CCCC=C1c2ccccc2C=Cc2ccccc21. The van der Waals surface area contributed by atoms with Gasteiger partial charge in [0.15, 0.2) is 0 Å². The van der Waals surface area contributed by atoms with E-state index in [1.54, 1.807) is 0 Å². The van der Waals surface area contributed by atoms with Gasteiger partial charge >= 0.3 is 0 Å². The van der Waals surface area contributed by atoms with E-state index in [1.165, 1.54) is 34.2 Å². The van der Waals surface area contributed by atoms with Crippen LogP contribution in [0.15, 0.2) is 54.6 Å². The monoisotopic (exact) mass is 306 g/mol. The summed E-state index contributed by atoms with van der Waals surface area (Å²) in [6, 6.07) is 17.3. The zero-order valence-corrected chi connectivity index (χ0v) is 15.3.